The Hall–Kier alpha value is -1.84. The number of carbonyl (C=O) groups is 2. The lowest BCUT2D eigenvalue weighted by Crippen LogP contribution is -2.00. The van der Waals surface area contributed by atoms with Crippen molar-refractivity contribution in [1.29, 1.82) is 0 Å². The highest BCUT2D eigenvalue weighted by Crippen LogP contribution is 2.10. The molecule has 0 saturated heterocycles. The third kappa shape index (κ3) is 41.3. The quantitative estimate of drug-likeness (QED) is 0.0664. The Bertz CT molecular complexity index is 577. The SMILES string of the molecule is C/C=C\CC/C=C\CCCCCCOC(C)=O.CCCCC/C=C\CCCCCCCCCCOC(C)=O. The van der Waals surface area contributed by atoms with Crippen molar-refractivity contribution in [2.45, 2.75) is 156 Å². The number of rotatable bonds is 25. The molecule has 0 aliphatic carbocycles. The molecule has 0 fully saturated rings. The molecule has 0 unspecified atom stereocenters. The van der Waals surface area contributed by atoms with Gasteiger partial charge < -0.3 is 9.47 Å². The molecule has 0 aromatic rings. The van der Waals surface area contributed by atoms with Crippen LogP contribution in [-0.2, 0) is 19.1 Å². The van der Waals surface area contributed by atoms with Gasteiger partial charge in [0.05, 0.1) is 13.2 Å². The number of esters is 2. The molecule has 0 aliphatic heterocycles. The molecule has 0 saturated carbocycles. The van der Waals surface area contributed by atoms with Gasteiger partial charge in [0, 0.05) is 13.8 Å². The van der Waals surface area contributed by atoms with E-state index in [2.05, 4.69) is 50.3 Å². The molecule has 0 atom stereocenters. The molecule has 4 nitrogen and oxygen atoms in total. The lowest BCUT2D eigenvalue weighted by atomic mass is 10.1. The second-order valence-electron chi connectivity index (χ2n) is 10.1. The van der Waals surface area contributed by atoms with Gasteiger partial charge in [-0.1, -0.05) is 108 Å². The van der Waals surface area contributed by atoms with Crippen LogP contribution in [0.2, 0.25) is 0 Å². The molecule has 0 amide bonds. The van der Waals surface area contributed by atoms with E-state index in [1.165, 1.54) is 110 Å². The summed E-state index contributed by atoms with van der Waals surface area (Å²) in [5.41, 5.74) is 0. The van der Waals surface area contributed by atoms with Crippen LogP contribution in [0.4, 0.5) is 0 Å². The van der Waals surface area contributed by atoms with Gasteiger partial charge in [0.2, 0.25) is 0 Å². The second kappa shape index (κ2) is 35.2. The van der Waals surface area contributed by atoms with E-state index in [1.54, 1.807) is 0 Å². The van der Waals surface area contributed by atoms with Crippen LogP contribution in [0, 0.1) is 0 Å². The molecule has 0 aliphatic rings. The Morgan fingerprint density at radius 3 is 1.21 bits per heavy atom. The minimum absolute atomic E-state index is 0.158. The Morgan fingerprint density at radius 2 is 0.816 bits per heavy atom. The van der Waals surface area contributed by atoms with E-state index in [4.69, 9.17) is 9.47 Å². The maximum absolute atomic E-state index is 10.6. The van der Waals surface area contributed by atoms with Crippen LogP contribution in [0.3, 0.4) is 0 Å². The van der Waals surface area contributed by atoms with E-state index in [1.807, 2.05) is 0 Å². The van der Waals surface area contributed by atoms with Crippen LogP contribution in [0.15, 0.2) is 36.5 Å². The smallest absolute Gasteiger partial charge is 0.302 e. The van der Waals surface area contributed by atoms with Gasteiger partial charge >= 0.3 is 11.9 Å². The molecule has 0 spiro atoms. The molecule has 38 heavy (non-hydrogen) atoms. The third-order valence-electron chi connectivity index (χ3n) is 6.18. The molecule has 4 heteroatoms. The van der Waals surface area contributed by atoms with Crippen LogP contribution in [0.5, 0.6) is 0 Å². The monoisotopic (exact) mass is 534 g/mol. The van der Waals surface area contributed by atoms with Crippen LogP contribution < -0.4 is 0 Å². The summed E-state index contributed by atoms with van der Waals surface area (Å²) < 4.78 is 9.78. The Morgan fingerprint density at radius 1 is 0.474 bits per heavy atom. The Kier molecular flexibility index (Phi) is 35.4. The fourth-order valence-electron chi connectivity index (χ4n) is 3.92. The molecular formula is C34H62O4. The van der Waals surface area contributed by atoms with E-state index in [0.29, 0.717) is 13.2 Å². The maximum Gasteiger partial charge on any atom is 0.302 e. The van der Waals surface area contributed by atoms with Crippen molar-refractivity contribution in [3.63, 3.8) is 0 Å². The maximum atomic E-state index is 10.6. The highest BCUT2D eigenvalue weighted by atomic mass is 16.5. The zero-order valence-electron chi connectivity index (χ0n) is 25.7. The van der Waals surface area contributed by atoms with Gasteiger partial charge in [-0.3, -0.25) is 9.59 Å². The highest BCUT2D eigenvalue weighted by molar-refractivity contribution is 5.66. The molecule has 0 N–H and O–H groups in total. The number of hydrogen-bond acceptors (Lipinski definition) is 4. The first-order valence-electron chi connectivity index (χ1n) is 15.7. The van der Waals surface area contributed by atoms with Crippen molar-refractivity contribution >= 4 is 11.9 Å². The average molecular weight is 535 g/mol. The van der Waals surface area contributed by atoms with Gasteiger partial charge in [-0.05, 0) is 71.1 Å². The van der Waals surface area contributed by atoms with Crippen molar-refractivity contribution in [1.82, 2.24) is 0 Å². The first kappa shape index (κ1) is 38.3. The largest absolute Gasteiger partial charge is 0.466 e. The summed E-state index contributed by atoms with van der Waals surface area (Å²) in [7, 11) is 0. The lowest BCUT2D eigenvalue weighted by Gasteiger charge is -2.02. The van der Waals surface area contributed by atoms with Gasteiger partial charge in [0.15, 0.2) is 0 Å². The van der Waals surface area contributed by atoms with Crippen LogP contribution in [0.1, 0.15) is 156 Å². The molecular weight excluding hydrogens is 472 g/mol. The Balaban J connectivity index is 0. The van der Waals surface area contributed by atoms with Crippen molar-refractivity contribution in [3.8, 4) is 0 Å². The van der Waals surface area contributed by atoms with Crippen molar-refractivity contribution in [2.75, 3.05) is 13.2 Å². The highest BCUT2D eigenvalue weighted by Gasteiger charge is 1.95. The summed E-state index contributed by atoms with van der Waals surface area (Å²) in [5, 5.41) is 0. The van der Waals surface area contributed by atoms with Gasteiger partial charge in [-0.25, -0.2) is 0 Å². The predicted molar refractivity (Wildman–Crippen MR) is 164 cm³/mol. The van der Waals surface area contributed by atoms with Crippen LogP contribution in [-0.4, -0.2) is 25.2 Å². The van der Waals surface area contributed by atoms with Gasteiger partial charge in [-0.2, -0.15) is 0 Å². The topological polar surface area (TPSA) is 52.6 Å². The molecule has 0 aromatic heterocycles. The van der Waals surface area contributed by atoms with Crippen molar-refractivity contribution in [2.24, 2.45) is 0 Å². The summed E-state index contributed by atoms with van der Waals surface area (Å²) >= 11 is 0. The molecule has 0 rings (SSSR count). The normalized spacial score (nSPS) is 11.3. The van der Waals surface area contributed by atoms with Gasteiger partial charge in [-0.15, -0.1) is 0 Å². The summed E-state index contributed by atoms with van der Waals surface area (Å²) in [5.74, 6) is -0.330. The van der Waals surface area contributed by atoms with Crippen LogP contribution in [0.25, 0.3) is 0 Å². The number of unbranched alkanes of at least 4 members (excludes halogenated alkanes) is 16. The Labute approximate surface area is 236 Å². The summed E-state index contributed by atoms with van der Waals surface area (Å²) in [6.45, 7) is 8.41. The van der Waals surface area contributed by atoms with Gasteiger partial charge in [0.1, 0.15) is 0 Å². The van der Waals surface area contributed by atoms with E-state index in [0.717, 1.165) is 32.1 Å². The standard InChI is InChI=1S/C19H36O2.C15H26O2/c1-3-4-5-6-7-8-9-10-11-12-13-14-15-16-17-18-21-19(2)20;1-3-4-5-6-7-8-9-10-11-12-13-14-17-15(2)16/h7-8H,3-6,9-18H2,1-2H3;3-4,7-8H,5-6,9-14H2,1-2H3/b8-7-;4-3-,8-7-. The average Bonchev–Trinajstić information content (AvgIpc) is 2.89. The number of allylic oxidation sites excluding steroid dienone is 6. The van der Waals surface area contributed by atoms with Gasteiger partial charge in [0.25, 0.3) is 0 Å². The van der Waals surface area contributed by atoms with E-state index in [9.17, 15) is 9.59 Å². The second-order valence-corrected chi connectivity index (χ2v) is 10.1. The first-order chi connectivity index (χ1) is 18.5. The number of carbonyl (C=O) groups excluding carboxylic acids is 2. The first-order valence-corrected chi connectivity index (χ1v) is 15.7. The van der Waals surface area contributed by atoms with E-state index in [-0.39, 0.29) is 11.9 Å². The van der Waals surface area contributed by atoms with Crippen molar-refractivity contribution < 1.29 is 19.1 Å². The fourth-order valence-corrected chi connectivity index (χ4v) is 3.92. The molecule has 0 radical (unpaired) electrons. The fraction of sp³-hybridized carbons (Fsp3) is 0.765. The third-order valence-corrected chi connectivity index (χ3v) is 6.18. The summed E-state index contributed by atoms with van der Waals surface area (Å²) in [6, 6.07) is 0. The molecule has 0 heterocycles. The minimum Gasteiger partial charge on any atom is -0.466 e. The van der Waals surface area contributed by atoms with Crippen molar-refractivity contribution in [3.05, 3.63) is 36.5 Å². The lowest BCUT2D eigenvalue weighted by molar-refractivity contribution is -0.142. The number of hydrogen-bond donors (Lipinski definition) is 0. The molecule has 222 valence electrons. The summed E-state index contributed by atoms with van der Waals surface area (Å²) in [4.78, 5) is 21.1. The predicted octanol–water partition coefficient (Wildman–Crippen LogP) is 10.6. The molecule has 0 bridgehead atoms. The molecule has 0 aromatic carbocycles. The van der Waals surface area contributed by atoms with Crippen LogP contribution >= 0.6 is 0 Å². The minimum atomic E-state index is -0.172. The van der Waals surface area contributed by atoms with E-state index >= 15 is 0 Å². The van der Waals surface area contributed by atoms with E-state index < -0.39 is 0 Å². The number of ether oxygens (including phenoxy) is 2. The zero-order chi connectivity index (χ0) is 28.4. The zero-order valence-corrected chi connectivity index (χ0v) is 25.7. The summed E-state index contributed by atoms with van der Waals surface area (Å²) in [6.07, 6.45) is 38.4.